The van der Waals surface area contributed by atoms with E-state index in [4.69, 9.17) is 20.9 Å². The van der Waals surface area contributed by atoms with Crippen molar-refractivity contribution in [1.82, 2.24) is 0 Å². The van der Waals surface area contributed by atoms with Gasteiger partial charge in [-0.1, -0.05) is 42.2 Å². The molecule has 0 amide bonds. The molecular weight excluding hydrogens is 372 g/mol. The first-order valence-electron chi connectivity index (χ1n) is 9.44. The standard InChI is InChI=1S/C26H20N2O2/c27-21-8-4-10-23(17-21)29-25-15-14-20(13-12-19-6-2-1-3-7-19)16-26(25)30-24-11-5-9-22(28)18-24/h1-11,14-18H,27-28H2. The quantitative estimate of drug-likeness (QED) is 0.338. The lowest BCUT2D eigenvalue weighted by atomic mass is 10.1. The molecule has 0 unspecified atom stereocenters. The van der Waals surface area contributed by atoms with Crippen molar-refractivity contribution in [1.29, 1.82) is 0 Å². The number of benzene rings is 4. The maximum absolute atomic E-state index is 6.08. The maximum atomic E-state index is 6.08. The van der Waals surface area contributed by atoms with Crippen LogP contribution in [0.2, 0.25) is 0 Å². The minimum Gasteiger partial charge on any atom is -0.453 e. The summed E-state index contributed by atoms with van der Waals surface area (Å²) in [7, 11) is 0. The van der Waals surface area contributed by atoms with Crippen LogP contribution in [0.5, 0.6) is 23.0 Å². The van der Waals surface area contributed by atoms with Gasteiger partial charge in [0.2, 0.25) is 0 Å². The summed E-state index contributed by atoms with van der Waals surface area (Å²) in [5, 5.41) is 0. The molecule has 0 saturated carbocycles. The normalized spacial score (nSPS) is 10.0. The summed E-state index contributed by atoms with van der Waals surface area (Å²) in [6, 6.07) is 29.9. The van der Waals surface area contributed by atoms with Crippen LogP contribution in [-0.4, -0.2) is 0 Å². The average molecular weight is 392 g/mol. The van der Waals surface area contributed by atoms with E-state index in [1.165, 1.54) is 0 Å². The van der Waals surface area contributed by atoms with Crippen LogP contribution in [0.1, 0.15) is 11.1 Å². The van der Waals surface area contributed by atoms with E-state index in [0.717, 1.165) is 11.1 Å². The van der Waals surface area contributed by atoms with Gasteiger partial charge in [0.1, 0.15) is 11.5 Å². The molecule has 4 aromatic carbocycles. The van der Waals surface area contributed by atoms with Gasteiger partial charge in [-0.05, 0) is 48.5 Å². The van der Waals surface area contributed by atoms with E-state index < -0.39 is 0 Å². The molecule has 30 heavy (non-hydrogen) atoms. The van der Waals surface area contributed by atoms with E-state index >= 15 is 0 Å². The van der Waals surface area contributed by atoms with Crippen LogP contribution < -0.4 is 20.9 Å². The molecule has 146 valence electrons. The maximum Gasteiger partial charge on any atom is 0.171 e. The molecule has 0 aliphatic heterocycles. The number of nitrogen functional groups attached to an aromatic ring is 2. The van der Waals surface area contributed by atoms with E-state index in [1.54, 1.807) is 24.3 Å². The lowest BCUT2D eigenvalue weighted by Crippen LogP contribution is -1.93. The Labute approximate surface area is 175 Å². The van der Waals surface area contributed by atoms with Crippen LogP contribution >= 0.6 is 0 Å². The molecule has 0 atom stereocenters. The predicted molar refractivity (Wildman–Crippen MR) is 121 cm³/mol. The molecule has 0 spiro atoms. The molecule has 4 aromatic rings. The molecule has 0 aromatic heterocycles. The van der Waals surface area contributed by atoms with E-state index in [-0.39, 0.29) is 0 Å². The third-order valence-electron chi connectivity index (χ3n) is 4.24. The summed E-state index contributed by atoms with van der Waals surface area (Å²) < 4.78 is 12.1. The Bertz CT molecular complexity index is 1220. The monoisotopic (exact) mass is 392 g/mol. The molecule has 4 N–H and O–H groups in total. The Balaban J connectivity index is 1.68. The van der Waals surface area contributed by atoms with Gasteiger partial charge in [0.05, 0.1) is 0 Å². The summed E-state index contributed by atoms with van der Waals surface area (Å²) in [6.07, 6.45) is 0. The van der Waals surface area contributed by atoms with Crippen molar-refractivity contribution in [2.24, 2.45) is 0 Å². The molecule has 4 heteroatoms. The summed E-state index contributed by atoms with van der Waals surface area (Å²) in [5.41, 5.74) is 14.7. The van der Waals surface area contributed by atoms with Crippen molar-refractivity contribution in [3.8, 4) is 34.8 Å². The van der Waals surface area contributed by atoms with E-state index in [2.05, 4.69) is 11.8 Å². The van der Waals surface area contributed by atoms with Gasteiger partial charge in [-0.15, -0.1) is 0 Å². The van der Waals surface area contributed by atoms with Gasteiger partial charge in [-0.25, -0.2) is 0 Å². The number of ether oxygens (including phenoxy) is 2. The van der Waals surface area contributed by atoms with Crippen molar-refractivity contribution in [2.45, 2.75) is 0 Å². The lowest BCUT2D eigenvalue weighted by molar-refractivity contribution is 0.419. The molecule has 0 radical (unpaired) electrons. The zero-order chi connectivity index (χ0) is 20.8. The predicted octanol–water partition coefficient (Wildman–Crippen LogP) is 5.84. The van der Waals surface area contributed by atoms with Gasteiger partial charge in [0.15, 0.2) is 11.5 Å². The molecule has 0 aliphatic rings. The molecule has 0 bridgehead atoms. The van der Waals surface area contributed by atoms with Crippen LogP contribution in [-0.2, 0) is 0 Å². The van der Waals surface area contributed by atoms with Gasteiger partial charge in [0, 0.05) is 40.7 Å². The Hall–Kier alpha value is -4.36. The highest BCUT2D eigenvalue weighted by atomic mass is 16.5. The fraction of sp³-hybridized carbons (Fsp3) is 0. The Morgan fingerprint density at radius 2 is 1.10 bits per heavy atom. The molecule has 0 aliphatic carbocycles. The van der Waals surface area contributed by atoms with E-state index in [0.29, 0.717) is 34.4 Å². The number of hydrogen-bond acceptors (Lipinski definition) is 4. The van der Waals surface area contributed by atoms with Gasteiger partial charge in [0.25, 0.3) is 0 Å². The van der Waals surface area contributed by atoms with Crippen LogP contribution in [0.25, 0.3) is 0 Å². The molecular formula is C26H20N2O2. The van der Waals surface area contributed by atoms with Gasteiger partial charge in [-0.3, -0.25) is 0 Å². The number of rotatable bonds is 4. The average Bonchev–Trinajstić information content (AvgIpc) is 2.75. The second kappa shape index (κ2) is 8.76. The number of nitrogens with two attached hydrogens (primary N) is 2. The minimum atomic E-state index is 0.530. The van der Waals surface area contributed by atoms with Crippen molar-refractivity contribution in [3.05, 3.63) is 108 Å². The second-order valence-corrected chi connectivity index (χ2v) is 6.63. The van der Waals surface area contributed by atoms with Gasteiger partial charge >= 0.3 is 0 Å². The van der Waals surface area contributed by atoms with E-state index in [1.807, 2.05) is 72.8 Å². The molecule has 0 heterocycles. The van der Waals surface area contributed by atoms with Gasteiger partial charge < -0.3 is 20.9 Å². The highest BCUT2D eigenvalue weighted by molar-refractivity contribution is 5.55. The van der Waals surface area contributed by atoms with Crippen LogP contribution in [0.15, 0.2) is 97.1 Å². The van der Waals surface area contributed by atoms with Crippen molar-refractivity contribution in [3.63, 3.8) is 0 Å². The summed E-state index contributed by atoms with van der Waals surface area (Å²) in [4.78, 5) is 0. The van der Waals surface area contributed by atoms with E-state index in [9.17, 15) is 0 Å². The Kier molecular flexibility index (Phi) is 5.54. The minimum absolute atomic E-state index is 0.530. The molecule has 0 saturated heterocycles. The first-order chi connectivity index (χ1) is 14.7. The lowest BCUT2D eigenvalue weighted by Gasteiger charge is -2.13. The van der Waals surface area contributed by atoms with Crippen molar-refractivity contribution in [2.75, 3.05) is 11.5 Å². The SMILES string of the molecule is Nc1cccc(Oc2ccc(C#Cc3ccccc3)cc2Oc2cccc(N)c2)c1. The first-order valence-corrected chi connectivity index (χ1v) is 9.44. The van der Waals surface area contributed by atoms with Crippen LogP contribution in [0.4, 0.5) is 11.4 Å². The Morgan fingerprint density at radius 1 is 0.500 bits per heavy atom. The second-order valence-electron chi connectivity index (χ2n) is 6.63. The number of hydrogen-bond donors (Lipinski definition) is 2. The topological polar surface area (TPSA) is 70.5 Å². The highest BCUT2D eigenvalue weighted by Crippen LogP contribution is 2.36. The zero-order valence-electron chi connectivity index (χ0n) is 16.2. The molecule has 4 rings (SSSR count). The third-order valence-corrected chi connectivity index (χ3v) is 4.24. The fourth-order valence-electron chi connectivity index (χ4n) is 2.83. The summed E-state index contributed by atoms with van der Waals surface area (Å²) in [5.74, 6) is 8.64. The molecule has 0 fully saturated rings. The highest BCUT2D eigenvalue weighted by Gasteiger charge is 2.10. The zero-order valence-corrected chi connectivity index (χ0v) is 16.2. The largest absolute Gasteiger partial charge is 0.453 e. The summed E-state index contributed by atoms with van der Waals surface area (Å²) in [6.45, 7) is 0. The summed E-state index contributed by atoms with van der Waals surface area (Å²) >= 11 is 0. The Morgan fingerprint density at radius 3 is 1.73 bits per heavy atom. The fourth-order valence-corrected chi connectivity index (χ4v) is 2.83. The first kappa shape index (κ1) is 19.0. The van der Waals surface area contributed by atoms with Gasteiger partial charge in [-0.2, -0.15) is 0 Å². The van der Waals surface area contributed by atoms with Crippen molar-refractivity contribution >= 4 is 11.4 Å². The molecule has 4 nitrogen and oxygen atoms in total. The van der Waals surface area contributed by atoms with Crippen LogP contribution in [0, 0.1) is 11.8 Å². The number of anilines is 2. The smallest absolute Gasteiger partial charge is 0.171 e. The third kappa shape index (κ3) is 4.92. The van der Waals surface area contributed by atoms with Crippen molar-refractivity contribution < 1.29 is 9.47 Å². The van der Waals surface area contributed by atoms with Crippen LogP contribution in [0.3, 0.4) is 0 Å².